The first-order valence-electron chi connectivity index (χ1n) is 7.14. The van der Waals surface area contributed by atoms with Crippen LogP contribution >= 0.6 is 11.3 Å². The van der Waals surface area contributed by atoms with E-state index in [0.29, 0.717) is 18.5 Å². The van der Waals surface area contributed by atoms with Gasteiger partial charge in [0.05, 0.1) is 5.56 Å². The van der Waals surface area contributed by atoms with Gasteiger partial charge in [0.2, 0.25) is 5.91 Å². The standard InChI is InChI=1S/C16H15F3N2O2S/c17-16(18,19)12-3-1-4-13(9-12)21-14(22)5-2-7-20-15(23)11-6-8-24-10-11/h1,3-4,6,8-10H,2,5,7H2,(H,20,23)(H,21,22). The van der Waals surface area contributed by atoms with Crippen LogP contribution in [0.25, 0.3) is 0 Å². The van der Waals surface area contributed by atoms with E-state index in [4.69, 9.17) is 0 Å². The zero-order valence-electron chi connectivity index (χ0n) is 12.5. The Morgan fingerprint density at radius 3 is 2.62 bits per heavy atom. The number of nitrogens with one attached hydrogen (secondary N) is 2. The molecule has 4 nitrogen and oxygen atoms in total. The van der Waals surface area contributed by atoms with Crippen LogP contribution in [0.3, 0.4) is 0 Å². The van der Waals surface area contributed by atoms with Gasteiger partial charge < -0.3 is 10.6 Å². The van der Waals surface area contributed by atoms with Crippen molar-refractivity contribution in [3.63, 3.8) is 0 Å². The maximum Gasteiger partial charge on any atom is 0.416 e. The number of benzene rings is 1. The number of rotatable bonds is 6. The van der Waals surface area contributed by atoms with Crippen LogP contribution in [0.2, 0.25) is 0 Å². The van der Waals surface area contributed by atoms with Crippen LogP contribution in [-0.2, 0) is 11.0 Å². The first-order chi connectivity index (χ1) is 11.4. The zero-order chi connectivity index (χ0) is 17.6. The van der Waals surface area contributed by atoms with Gasteiger partial charge in [0.25, 0.3) is 5.91 Å². The normalized spacial score (nSPS) is 11.1. The summed E-state index contributed by atoms with van der Waals surface area (Å²) in [6.07, 6.45) is -3.96. The number of anilines is 1. The summed E-state index contributed by atoms with van der Waals surface area (Å²) in [4.78, 5) is 23.4. The number of hydrogen-bond acceptors (Lipinski definition) is 3. The number of thiophene rings is 1. The molecule has 0 aliphatic heterocycles. The van der Waals surface area contributed by atoms with Gasteiger partial charge in [-0.1, -0.05) is 6.07 Å². The SMILES string of the molecule is O=C(CCCNC(=O)c1ccsc1)Nc1cccc(C(F)(F)F)c1. The Morgan fingerprint density at radius 1 is 1.17 bits per heavy atom. The Labute approximate surface area is 140 Å². The van der Waals surface area contributed by atoms with Crippen molar-refractivity contribution >= 4 is 28.8 Å². The number of carbonyl (C=O) groups is 2. The Balaban J connectivity index is 1.75. The average molecular weight is 356 g/mol. The van der Waals surface area contributed by atoms with Crippen LogP contribution in [-0.4, -0.2) is 18.4 Å². The van der Waals surface area contributed by atoms with Crippen molar-refractivity contribution in [1.82, 2.24) is 5.32 Å². The van der Waals surface area contributed by atoms with Crippen molar-refractivity contribution in [1.29, 1.82) is 0 Å². The van der Waals surface area contributed by atoms with Gasteiger partial charge >= 0.3 is 6.18 Å². The third-order valence-corrected chi connectivity index (χ3v) is 3.81. The van der Waals surface area contributed by atoms with Crippen molar-refractivity contribution < 1.29 is 22.8 Å². The largest absolute Gasteiger partial charge is 0.416 e. The van der Waals surface area contributed by atoms with Gasteiger partial charge in [-0.05, 0) is 36.1 Å². The highest BCUT2D eigenvalue weighted by atomic mass is 32.1. The molecular weight excluding hydrogens is 341 g/mol. The molecule has 1 aromatic carbocycles. The Kier molecular flexibility index (Phi) is 5.97. The number of carbonyl (C=O) groups excluding carboxylic acids is 2. The van der Waals surface area contributed by atoms with Gasteiger partial charge in [0.1, 0.15) is 0 Å². The zero-order valence-corrected chi connectivity index (χ0v) is 13.3. The number of halogens is 3. The van der Waals surface area contributed by atoms with Gasteiger partial charge in [0.15, 0.2) is 0 Å². The van der Waals surface area contributed by atoms with E-state index in [-0.39, 0.29) is 18.0 Å². The van der Waals surface area contributed by atoms with Gasteiger partial charge in [-0.15, -0.1) is 0 Å². The third kappa shape index (κ3) is 5.38. The molecule has 1 aromatic heterocycles. The molecule has 2 amide bonds. The average Bonchev–Trinajstić information content (AvgIpc) is 3.05. The molecule has 128 valence electrons. The van der Waals surface area contributed by atoms with E-state index in [1.807, 2.05) is 0 Å². The molecule has 8 heteroatoms. The monoisotopic (exact) mass is 356 g/mol. The summed E-state index contributed by atoms with van der Waals surface area (Å²) in [7, 11) is 0. The van der Waals surface area contributed by atoms with Crippen LogP contribution in [0, 0.1) is 0 Å². The molecule has 24 heavy (non-hydrogen) atoms. The first-order valence-corrected chi connectivity index (χ1v) is 8.08. The molecule has 2 N–H and O–H groups in total. The van der Waals surface area contributed by atoms with E-state index in [1.165, 1.54) is 23.5 Å². The molecule has 0 bridgehead atoms. The van der Waals surface area contributed by atoms with Gasteiger partial charge in [0, 0.05) is 29.6 Å². The summed E-state index contributed by atoms with van der Waals surface area (Å²) < 4.78 is 37.8. The number of hydrogen-bond donors (Lipinski definition) is 2. The summed E-state index contributed by atoms with van der Waals surface area (Å²) in [5.41, 5.74) is -0.158. The fraction of sp³-hybridized carbons (Fsp3) is 0.250. The lowest BCUT2D eigenvalue weighted by atomic mass is 10.2. The first kappa shape index (κ1) is 18.0. The maximum atomic E-state index is 12.6. The maximum absolute atomic E-state index is 12.6. The second-order valence-corrected chi connectivity index (χ2v) is 5.78. The van der Waals surface area contributed by atoms with Crippen LogP contribution in [0.15, 0.2) is 41.1 Å². The molecule has 0 radical (unpaired) electrons. The Hall–Kier alpha value is -2.35. The molecule has 0 atom stereocenters. The third-order valence-electron chi connectivity index (χ3n) is 3.12. The van der Waals surface area contributed by atoms with E-state index >= 15 is 0 Å². The molecule has 0 aliphatic carbocycles. The number of alkyl halides is 3. The molecule has 0 fully saturated rings. The molecule has 0 aliphatic rings. The molecule has 0 saturated carbocycles. The van der Waals surface area contributed by atoms with Crippen molar-refractivity contribution in [3.05, 3.63) is 52.2 Å². The van der Waals surface area contributed by atoms with Gasteiger partial charge in [-0.25, -0.2) is 0 Å². The van der Waals surface area contributed by atoms with Crippen LogP contribution in [0.1, 0.15) is 28.8 Å². The van der Waals surface area contributed by atoms with Crippen LogP contribution in [0.4, 0.5) is 18.9 Å². The fourth-order valence-electron chi connectivity index (χ4n) is 1.94. The second-order valence-electron chi connectivity index (χ2n) is 5.00. The van der Waals surface area contributed by atoms with Gasteiger partial charge in [-0.2, -0.15) is 24.5 Å². The predicted octanol–water partition coefficient (Wildman–Crippen LogP) is 3.92. The highest BCUT2D eigenvalue weighted by molar-refractivity contribution is 7.08. The lowest BCUT2D eigenvalue weighted by molar-refractivity contribution is -0.137. The van der Waals surface area contributed by atoms with Crippen molar-refractivity contribution in [2.75, 3.05) is 11.9 Å². The highest BCUT2D eigenvalue weighted by Crippen LogP contribution is 2.30. The quantitative estimate of drug-likeness (QED) is 0.771. The van der Waals surface area contributed by atoms with Crippen LogP contribution < -0.4 is 10.6 Å². The summed E-state index contributed by atoms with van der Waals surface area (Å²) in [6, 6.07) is 6.15. The van der Waals surface area contributed by atoms with E-state index in [1.54, 1.807) is 16.8 Å². The fourth-order valence-corrected chi connectivity index (χ4v) is 2.58. The molecule has 0 spiro atoms. The molecule has 1 heterocycles. The molecule has 2 rings (SSSR count). The lowest BCUT2D eigenvalue weighted by Gasteiger charge is -2.10. The molecule has 0 saturated heterocycles. The van der Waals surface area contributed by atoms with E-state index in [9.17, 15) is 22.8 Å². The smallest absolute Gasteiger partial charge is 0.352 e. The summed E-state index contributed by atoms with van der Waals surface area (Å²) in [6.45, 7) is 0.310. The molecule has 0 unspecified atom stereocenters. The second kappa shape index (κ2) is 7.96. The Bertz CT molecular complexity index is 700. The van der Waals surface area contributed by atoms with E-state index < -0.39 is 17.6 Å². The minimum absolute atomic E-state index is 0.0946. The van der Waals surface area contributed by atoms with Crippen molar-refractivity contribution in [2.45, 2.75) is 19.0 Å². The van der Waals surface area contributed by atoms with Crippen molar-refractivity contribution in [3.8, 4) is 0 Å². The van der Waals surface area contributed by atoms with Gasteiger partial charge in [-0.3, -0.25) is 9.59 Å². The van der Waals surface area contributed by atoms with Crippen LogP contribution in [0.5, 0.6) is 0 Å². The minimum Gasteiger partial charge on any atom is -0.352 e. The minimum atomic E-state index is -4.45. The lowest BCUT2D eigenvalue weighted by Crippen LogP contribution is -2.25. The highest BCUT2D eigenvalue weighted by Gasteiger charge is 2.30. The predicted molar refractivity (Wildman–Crippen MR) is 86.0 cm³/mol. The summed E-state index contributed by atoms with van der Waals surface area (Å²) in [5, 5.41) is 8.60. The van der Waals surface area contributed by atoms with E-state index in [0.717, 1.165) is 12.1 Å². The summed E-state index contributed by atoms with van der Waals surface area (Å²) in [5.74, 6) is -0.617. The van der Waals surface area contributed by atoms with Crippen molar-refractivity contribution in [2.24, 2.45) is 0 Å². The molecular formula is C16H15F3N2O2S. The van der Waals surface area contributed by atoms with E-state index in [2.05, 4.69) is 10.6 Å². The summed E-state index contributed by atoms with van der Waals surface area (Å²) >= 11 is 1.41. The number of amides is 2. The Morgan fingerprint density at radius 2 is 1.96 bits per heavy atom. The molecule has 2 aromatic rings. The topological polar surface area (TPSA) is 58.2 Å².